The highest BCUT2D eigenvalue weighted by atomic mass is 28.3. The summed E-state index contributed by atoms with van der Waals surface area (Å²) in [4.78, 5) is 10.7. The van der Waals surface area contributed by atoms with Crippen LogP contribution in [0.3, 0.4) is 0 Å². The predicted octanol–water partition coefficient (Wildman–Crippen LogP) is 5.70. The molecular weight excluding hydrogens is 436 g/mol. The highest BCUT2D eigenvalue weighted by molar-refractivity contribution is 6.48. The van der Waals surface area contributed by atoms with Gasteiger partial charge in [-0.05, 0) is 63.5 Å². The van der Waals surface area contributed by atoms with Gasteiger partial charge in [-0.25, -0.2) is 0 Å². The van der Waals surface area contributed by atoms with E-state index in [0.717, 1.165) is 38.5 Å². The molecule has 1 heterocycles. The second-order valence-corrected chi connectivity index (χ2v) is 12.1. The van der Waals surface area contributed by atoms with Gasteiger partial charge in [-0.1, -0.05) is 44.8 Å². The largest absolute Gasteiger partial charge is 0.481 e. The minimum absolute atomic E-state index is 0.0947. The van der Waals surface area contributed by atoms with E-state index in [2.05, 4.69) is 32.2 Å². The Kier molecular flexibility index (Phi) is 13.2. The number of unbranched alkanes of at least 4 members (excludes halogenated alkanes) is 5. The molecule has 0 aromatic heterocycles. The van der Waals surface area contributed by atoms with Crippen LogP contribution in [0, 0.1) is 11.8 Å². The van der Waals surface area contributed by atoms with Gasteiger partial charge in [0.1, 0.15) is 0 Å². The number of aliphatic hydroxyl groups is 1. The lowest BCUT2D eigenvalue weighted by molar-refractivity contribution is -0.171. The average Bonchev–Trinajstić information content (AvgIpc) is 3.33. The van der Waals surface area contributed by atoms with E-state index >= 15 is 0 Å². The van der Waals surface area contributed by atoms with Crippen LogP contribution in [0.15, 0.2) is 12.2 Å². The highest BCUT2D eigenvalue weighted by Crippen LogP contribution is 2.43. The van der Waals surface area contributed by atoms with Crippen molar-refractivity contribution in [1.29, 1.82) is 0 Å². The van der Waals surface area contributed by atoms with Crippen LogP contribution in [-0.2, 0) is 18.7 Å². The van der Waals surface area contributed by atoms with Gasteiger partial charge in [0, 0.05) is 19.3 Å². The molecule has 1 aliphatic heterocycles. The molecule has 7 heteroatoms. The molecule has 2 fully saturated rings. The Labute approximate surface area is 202 Å². The molecule has 0 bridgehead atoms. The van der Waals surface area contributed by atoms with Gasteiger partial charge in [0.2, 0.25) is 9.04 Å². The van der Waals surface area contributed by atoms with Crippen molar-refractivity contribution in [3.63, 3.8) is 0 Å². The Balaban J connectivity index is 1.94. The lowest BCUT2D eigenvalue weighted by atomic mass is 9.85. The van der Waals surface area contributed by atoms with Crippen LogP contribution in [0.2, 0.25) is 13.1 Å². The molecule has 1 saturated carbocycles. The number of hydrogen-bond acceptors (Lipinski definition) is 5. The molecule has 2 N–H and O–H groups in total. The Bertz CT molecular complexity index is 575. The van der Waals surface area contributed by atoms with Crippen LogP contribution in [-0.4, -0.2) is 56.4 Å². The second kappa shape index (κ2) is 15.3. The highest BCUT2D eigenvalue weighted by Gasteiger charge is 2.45. The molecule has 1 saturated heterocycles. The van der Waals surface area contributed by atoms with E-state index < -0.39 is 20.8 Å². The van der Waals surface area contributed by atoms with Gasteiger partial charge in [0.25, 0.3) is 0 Å². The second-order valence-electron chi connectivity index (χ2n) is 10.00. The van der Waals surface area contributed by atoms with Gasteiger partial charge in [-0.2, -0.15) is 0 Å². The normalized spacial score (nSPS) is 27.2. The standard InChI is InChI=1S/C26H47O6Si/c1-4-5-6-9-12-16-26(30-18-19-31-26)17-15-22-21(13-10-7-8-11-14-25(28)29)23(27)20-24(22)32-33(2)3/h7,10,21-24,27H,4-6,8-9,11-20H2,1-3H3,(H,28,29)/b10-7-/t21-,22-,23+,24-/m1/s1. The maximum atomic E-state index is 10.9. The molecular formula is C26H47O6Si. The number of aliphatic carboxylic acids is 1. The summed E-state index contributed by atoms with van der Waals surface area (Å²) in [6.07, 6.45) is 15.9. The molecule has 2 aliphatic rings. The average molecular weight is 484 g/mol. The maximum Gasteiger partial charge on any atom is 0.303 e. The monoisotopic (exact) mass is 483 g/mol. The van der Waals surface area contributed by atoms with E-state index in [0.29, 0.717) is 26.1 Å². The molecule has 33 heavy (non-hydrogen) atoms. The van der Waals surface area contributed by atoms with Crippen LogP contribution < -0.4 is 0 Å². The summed E-state index contributed by atoms with van der Waals surface area (Å²) < 4.78 is 18.6. The molecule has 4 atom stereocenters. The predicted molar refractivity (Wildman–Crippen MR) is 132 cm³/mol. The van der Waals surface area contributed by atoms with Crippen LogP contribution in [0.1, 0.15) is 90.4 Å². The number of ether oxygens (including phenoxy) is 2. The van der Waals surface area contributed by atoms with Gasteiger partial charge < -0.3 is 24.1 Å². The van der Waals surface area contributed by atoms with Crippen molar-refractivity contribution in [3.8, 4) is 0 Å². The Hall–Kier alpha value is -0.733. The van der Waals surface area contributed by atoms with Crippen molar-refractivity contribution < 1.29 is 28.9 Å². The van der Waals surface area contributed by atoms with Crippen molar-refractivity contribution >= 4 is 15.0 Å². The molecule has 1 radical (unpaired) electrons. The molecule has 0 aromatic rings. The smallest absolute Gasteiger partial charge is 0.303 e. The molecule has 0 spiro atoms. The van der Waals surface area contributed by atoms with Crippen molar-refractivity contribution in [2.24, 2.45) is 11.8 Å². The van der Waals surface area contributed by atoms with Crippen LogP contribution in [0.4, 0.5) is 0 Å². The molecule has 0 unspecified atom stereocenters. The van der Waals surface area contributed by atoms with Gasteiger partial charge in [-0.15, -0.1) is 0 Å². The zero-order valence-corrected chi connectivity index (χ0v) is 22.1. The lowest BCUT2D eigenvalue weighted by Crippen LogP contribution is -2.34. The van der Waals surface area contributed by atoms with Crippen LogP contribution in [0.5, 0.6) is 0 Å². The first-order valence-corrected chi connectivity index (χ1v) is 15.6. The Morgan fingerprint density at radius 2 is 1.79 bits per heavy atom. The first-order chi connectivity index (χ1) is 15.9. The molecule has 0 aromatic carbocycles. The number of aliphatic hydroxyl groups excluding tert-OH is 1. The SMILES string of the molecule is CCCCCCCC1(CC[C@@H]2[C@@H](C/C=C\CCCC(=O)O)[C@@H](O)C[C@H]2O[Si](C)C)OCCO1. The van der Waals surface area contributed by atoms with Crippen molar-refractivity contribution in [3.05, 3.63) is 12.2 Å². The molecule has 2 rings (SSSR count). The summed E-state index contributed by atoms with van der Waals surface area (Å²) >= 11 is 0. The van der Waals surface area contributed by atoms with Gasteiger partial charge in [-0.3, -0.25) is 4.79 Å². The van der Waals surface area contributed by atoms with Crippen LogP contribution in [0.25, 0.3) is 0 Å². The number of carboxylic acid groups (broad SMARTS) is 1. The quantitative estimate of drug-likeness (QED) is 0.157. The third-order valence-corrected chi connectivity index (χ3v) is 7.83. The third-order valence-electron chi connectivity index (χ3n) is 7.05. The number of carbonyl (C=O) groups is 1. The van der Waals surface area contributed by atoms with E-state index in [4.69, 9.17) is 19.0 Å². The fourth-order valence-electron chi connectivity index (χ4n) is 5.36. The van der Waals surface area contributed by atoms with Gasteiger partial charge in [0.05, 0.1) is 25.4 Å². The lowest BCUT2D eigenvalue weighted by Gasteiger charge is -2.32. The van der Waals surface area contributed by atoms with Crippen molar-refractivity contribution in [2.75, 3.05) is 13.2 Å². The molecule has 1 aliphatic carbocycles. The Morgan fingerprint density at radius 1 is 1.06 bits per heavy atom. The van der Waals surface area contributed by atoms with E-state index in [1.54, 1.807) is 0 Å². The number of allylic oxidation sites excluding steroid dienone is 2. The molecule has 0 amide bonds. The Morgan fingerprint density at radius 3 is 2.45 bits per heavy atom. The minimum atomic E-state index is -0.858. The van der Waals surface area contributed by atoms with Gasteiger partial charge >= 0.3 is 5.97 Å². The summed E-state index contributed by atoms with van der Waals surface area (Å²) in [5.41, 5.74) is 0. The minimum Gasteiger partial charge on any atom is -0.481 e. The summed E-state index contributed by atoms with van der Waals surface area (Å²) in [5.74, 6) is -0.765. The topological polar surface area (TPSA) is 85.2 Å². The zero-order valence-electron chi connectivity index (χ0n) is 21.1. The number of rotatable bonds is 17. The fourth-order valence-corrected chi connectivity index (χ4v) is 6.23. The first-order valence-electron chi connectivity index (χ1n) is 13.2. The van der Waals surface area contributed by atoms with E-state index in [1.807, 2.05) is 0 Å². The van der Waals surface area contributed by atoms with E-state index in [1.165, 1.54) is 25.7 Å². The molecule has 191 valence electrons. The summed E-state index contributed by atoms with van der Waals surface area (Å²) in [6.45, 7) is 7.89. The van der Waals surface area contributed by atoms with E-state index in [-0.39, 0.29) is 30.5 Å². The fraction of sp³-hybridized carbons (Fsp3) is 0.885. The van der Waals surface area contributed by atoms with E-state index in [9.17, 15) is 9.90 Å². The summed E-state index contributed by atoms with van der Waals surface area (Å²) in [7, 11) is -0.858. The number of hydrogen-bond donors (Lipinski definition) is 2. The van der Waals surface area contributed by atoms with Crippen LogP contribution >= 0.6 is 0 Å². The zero-order chi connectivity index (χ0) is 24.1. The summed E-state index contributed by atoms with van der Waals surface area (Å²) in [5, 5.41) is 19.6. The summed E-state index contributed by atoms with van der Waals surface area (Å²) in [6, 6.07) is 0. The molecule has 6 nitrogen and oxygen atoms in total. The third kappa shape index (κ3) is 10.2. The van der Waals surface area contributed by atoms with Crippen molar-refractivity contribution in [1.82, 2.24) is 0 Å². The van der Waals surface area contributed by atoms with Gasteiger partial charge in [0.15, 0.2) is 5.79 Å². The number of carboxylic acids is 1. The van der Waals surface area contributed by atoms with Crippen molar-refractivity contribution in [2.45, 2.75) is 121 Å². The first kappa shape index (κ1) is 28.5. The maximum absolute atomic E-state index is 10.9.